The third kappa shape index (κ3) is 5.41. The quantitative estimate of drug-likeness (QED) is 0.380. The van der Waals surface area contributed by atoms with E-state index in [0.29, 0.717) is 12.3 Å². The van der Waals surface area contributed by atoms with Gasteiger partial charge >= 0.3 is 0 Å². The second-order valence-electron chi connectivity index (χ2n) is 7.59. The lowest BCUT2D eigenvalue weighted by molar-refractivity contribution is 0.0942. The number of carbonyl (C=O) groups is 1. The summed E-state index contributed by atoms with van der Waals surface area (Å²) in [5.41, 5.74) is 4.77. The molecule has 0 spiro atoms. The first kappa shape index (κ1) is 19.6. The Kier molecular flexibility index (Phi) is 5.76. The molecule has 0 bridgehead atoms. The second-order valence-corrected chi connectivity index (χ2v) is 12.3. The molecule has 6 heteroatoms. The van der Waals surface area contributed by atoms with Crippen molar-refractivity contribution in [2.24, 2.45) is 0 Å². The van der Waals surface area contributed by atoms with E-state index in [2.05, 4.69) is 36.1 Å². The van der Waals surface area contributed by atoms with Crippen LogP contribution in [0.15, 0.2) is 64.1 Å². The number of benzene rings is 1. The largest absolute Gasteiger partial charge is 0.437 e. The Balaban J connectivity index is 1.74. The van der Waals surface area contributed by atoms with Gasteiger partial charge in [0.2, 0.25) is 5.78 Å². The highest BCUT2D eigenvalue weighted by Crippen LogP contribution is 2.11. The van der Waals surface area contributed by atoms with E-state index < -0.39 is 8.07 Å². The van der Waals surface area contributed by atoms with Crippen molar-refractivity contribution in [1.29, 1.82) is 0 Å². The lowest BCUT2D eigenvalue weighted by Gasteiger charge is -2.05. The zero-order valence-electron chi connectivity index (χ0n) is 16.2. The first-order valence-electron chi connectivity index (χ1n) is 9.06. The molecule has 28 heavy (non-hydrogen) atoms. The van der Waals surface area contributed by atoms with Crippen molar-refractivity contribution in [1.82, 2.24) is 9.55 Å². The maximum absolute atomic E-state index is 12.5. The molecule has 5 nitrogen and oxygen atoms in total. The maximum atomic E-state index is 12.5. The molecule has 0 radical (unpaired) electrons. The maximum Gasteiger partial charge on any atom is 0.251 e. The summed E-state index contributed by atoms with van der Waals surface area (Å²) in [5.74, 6) is 3.42. The van der Waals surface area contributed by atoms with Crippen LogP contribution >= 0.6 is 0 Å². The predicted octanol–water partition coefficient (Wildman–Crippen LogP) is 3.54. The van der Waals surface area contributed by atoms with Gasteiger partial charge in [-0.2, -0.15) is 0 Å². The molecule has 0 aliphatic rings. The van der Waals surface area contributed by atoms with Gasteiger partial charge in [0.15, 0.2) is 11.7 Å². The number of oxazole rings is 1. The molecule has 1 aromatic carbocycles. The molecular formula is C22H22N2O3Si. The smallest absolute Gasteiger partial charge is 0.251 e. The highest BCUT2D eigenvalue weighted by Gasteiger charge is 2.14. The summed E-state index contributed by atoms with van der Waals surface area (Å²) in [6.45, 7) is 6.34. The van der Waals surface area contributed by atoms with Gasteiger partial charge in [-0.05, 0) is 11.6 Å². The van der Waals surface area contributed by atoms with Crippen molar-refractivity contribution in [3.8, 4) is 11.5 Å². The number of nitrogens with zero attached hydrogens (tertiary/aromatic N) is 2. The normalized spacial score (nSPS) is 11.0. The predicted molar refractivity (Wildman–Crippen MR) is 111 cm³/mol. The highest BCUT2D eigenvalue weighted by atomic mass is 28.3. The molecule has 142 valence electrons. The number of hydrogen-bond donors (Lipinski definition) is 0. The molecule has 0 saturated heterocycles. The van der Waals surface area contributed by atoms with Crippen LogP contribution in [0.4, 0.5) is 0 Å². The number of carbonyl (C=O) groups excluding carboxylic acids is 1. The SMILES string of the molecule is C[Si](C)(C)C#Cc1ccc(=O)n(CC(=O)c2cnc(Cc3ccccc3)o2)c1. The van der Waals surface area contributed by atoms with Crippen LogP contribution in [0.5, 0.6) is 0 Å². The van der Waals surface area contributed by atoms with Crippen molar-refractivity contribution in [2.75, 3.05) is 0 Å². The third-order valence-corrected chi connectivity index (χ3v) is 4.78. The van der Waals surface area contributed by atoms with Gasteiger partial charge in [0, 0.05) is 24.2 Å². The van der Waals surface area contributed by atoms with Gasteiger partial charge in [-0.3, -0.25) is 9.59 Å². The first-order chi connectivity index (χ1) is 13.3. The molecule has 0 amide bonds. The molecule has 0 fully saturated rings. The summed E-state index contributed by atoms with van der Waals surface area (Å²) in [5, 5.41) is 0. The molecule has 2 heterocycles. The van der Waals surface area contributed by atoms with Gasteiger partial charge in [0.1, 0.15) is 8.07 Å². The van der Waals surface area contributed by atoms with Crippen molar-refractivity contribution < 1.29 is 9.21 Å². The van der Waals surface area contributed by atoms with E-state index in [0.717, 1.165) is 11.1 Å². The monoisotopic (exact) mass is 390 g/mol. The number of ketones is 1. The number of aromatic nitrogens is 2. The Morgan fingerprint density at radius 1 is 1.14 bits per heavy atom. The van der Waals surface area contributed by atoms with E-state index in [1.165, 1.54) is 16.8 Å². The summed E-state index contributed by atoms with van der Waals surface area (Å²) in [7, 11) is -1.52. The number of pyridine rings is 1. The number of hydrogen-bond acceptors (Lipinski definition) is 4. The second kappa shape index (κ2) is 8.24. The van der Waals surface area contributed by atoms with Gasteiger partial charge in [-0.15, -0.1) is 5.54 Å². The van der Waals surface area contributed by atoms with Gasteiger partial charge in [0.25, 0.3) is 5.56 Å². The van der Waals surface area contributed by atoms with Gasteiger partial charge in [0.05, 0.1) is 12.7 Å². The Bertz CT molecular complexity index is 1100. The highest BCUT2D eigenvalue weighted by molar-refractivity contribution is 6.83. The van der Waals surface area contributed by atoms with E-state index in [-0.39, 0.29) is 23.6 Å². The first-order valence-corrected chi connectivity index (χ1v) is 12.6. The Labute approximate surface area is 165 Å². The third-order valence-electron chi connectivity index (χ3n) is 3.91. The van der Waals surface area contributed by atoms with Crippen LogP contribution < -0.4 is 5.56 Å². The van der Waals surface area contributed by atoms with E-state index in [1.54, 1.807) is 12.3 Å². The average Bonchev–Trinajstić information content (AvgIpc) is 3.11. The van der Waals surface area contributed by atoms with Crippen molar-refractivity contribution in [3.63, 3.8) is 0 Å². The standard InChI is InChI=1S/C22H22N2O3Si/c1-28(2,3)12-11-18-9-10-22(26)24(15-18)16-19(25)20-14-23-21(27-20)13-17-7-5-4-6-8-17/h4-10,14-15H,13,16H2,1-3H3. The molecule has 0 aliphatic heterocycles. The molecular weight excluding hydrogens is 368 g/mol. The molecule has 3 rings (SSSR count). The molecule has 3 aromatic rings. The molecule has 2 aromatic heterocycles. The van der Waals surface area contributed by atoms with Crippen LogP contribution in [0.25, 0.3) is 0 Å². The number of Topliss-reactive ketones (excluding diaryl/α,β-unsaturated/α-hetero) is 1. The van der Waals surface area contributed by atoms with Crippen LogP contribution in [0, 0.1) is 11.5 Å². The Morgan fingerprint density at radius 2 is 1.89 bits per heavy atom. The molecule has 0 N–H and O–H groups in total. The minimum Gasteiger partial charge on any atom is -0.437 e. The summed E-state index contributed by atoms with van der Waals surface area (Å²) in [6, 6.07) is 12.9. The van der Waals surface area contributed by atoms with E-state index in [4.69, 9.17) is 4.42 Å². The molecule has 0 aliphatic carbocycles. The zero-order chi connectivity index (χ0) is 20.1. The minimum absolute atomic E-state index is 0.110. The van der Waals surface area contributed by atoms with Crippen LogP contribution in [0.2, 0.25) is 19.6 Å². The number of rotatable bonds is 5. The van der Waals surface area contributed by atoms with Gasteiger partial charge in [-0.1, -0.05) is 55.9 Å². The average molecular weight is 391 g/mol. The van der Waals surface area contributed by atoms with Crippen LogP contribution in [-0.2, 0) is 13.0 Å². The van der Waals surface area contributed by atoms with Crippen molar-refractivity contribution >= 4 is 13.9 Å². The lowest BCUT2D eigenvalue weighted by Crippen LogP contribution is -2.23. The van der Waals surface area contributed by atoms with Crippen LogP contribution in [-0.4, -0.2) is 23.4 Å². The van der Waals surface area contributed by atoms with E-state index >= 15 is 0 Å². The topological polar surface area (TPSA) is 65.1 Å². The zero-order valence-corrected chi connectivity index (χ0v) is 17.2. The summed E-state index contributed by atoms with van der Waals surface area (Å²) in [4.78, 5) is 28.8. The van der Waals surface area contributed by atoms with E-state index in [1.807, 2.05) is 30.3 Å². The van der Waals surface area contributed by atoms with Crippen molar-refractivity contribution in [2.45, 2.75) is 32.6 Å². The fourth-order valence-electron chi connectivity index (χ4n) is 2.51. The molecule has 0 atom stereocenters. The van der Waals surface area contributed by atoms with Gasteiger partial charge < -0.3 is 8.98 Å². The van der Waals surface area contributed by atoms with Crippen LogP contribution in [0.1, 0.15) is 27.6 Å². The minimum atomic E-state index is -1.52. The summed E-state index contributed by atoms with van der Waals surface area (Å²) >= 11 is 0. The van der Waals surface area contributed by atoms with E-state index in [9.17, 15) is 9.59 Å². The van der Waals surface area contributed by atoms with Crippen LogP contribution in [0.3, 0.4) is 0 Å². The fourth-order valence-corrected chi connectivity index (χ4v) is 3.03. The summed E-state index contributed by atoms with van der Waals surface area (Å²) < 4.78 is 6.94. The Morgan fingerprint density at radius 3 is 2.61 bits per heavy atom. The lowest BCUT2D eigenvalue weighted by atomic mass is 10.2. The van der Waals surface area contributed by atoms with Gasteiger partial charge in [-0.25, -0.2) is 4.98 Å². The Hall–Kier alpha value is -3.17. The van der Waals surface area contributed by atoms with Crippen molar-refractivity contribution in [3.05, 3.63) is 88.0 Å². The fraction of sp³-hybridized carbons (Fsp3) is 0.227. The summed E-state index contributed by atoms with van der Waals surface area (Å²) in [6.07, 6.45) is 3.55. The molecule has 0 saturated carbocycles. The molecule has 0 unspecified atom stereocenters.